The second-order valence-corrected chi connectivity index (χ2v) is 5.58. The maximum absolute atomic E-state index is 12.8. The van der Waals surface area contributed by atoms with Gasteiger partial charge < -0.3 is 15.4 Å². The van der Waals surface area contributed by atoms with Crippen LogP contribution in [-0.4, -0.2) is 35.4 Å². The number of aryl methyl sites for hydroxylation is 1. The molecule has 0 atom stereocenters. The molecule has 0 aliphatic heterocycles. The Bertz CT molecular complexity index is 654. The average Bonchev–Trinajstić information content (AvgIpc) is 3.02. The van der Waals surface area contributed by atoms with E-state index in [4.69, 9.17) is 4.74 Å². The molecule has 0 spiro atoms. The summed E-state index contributed by atoms with van der Waals surface area (Å²) < 4.78 is 20.2. The van der Waals surface area contributed by atoms with Crippen LogP contribution in [0.4, 0.5) is 4.39 Å². The van der Waals surface area contributed by atoms with Crippen LogP contribution in [0.15, 0.2) is 41.5 Å². The van der Waals surface area contributed by atoms with E-state index in [-0.39, 0.29) is 5.82 Å². The summed E-state index contributed by atoms with van der Waals surface area (Å²) in [6.45, 7) is 4.85. The minimum atomic E-state index is -0.252. The van der Waals surface area contributed by atoms with Crippen molar-refractivity contribution >= 4 is 5.96 Å². The third kappa shape index (κ3) is 6.82. The highest BCUT2D eigenvalue weighted by Gasteiger charge is 2.00. The van der Waals surface area contributed by atoms with Gasteiger partial charge >= 0.3 is 0 Å². The molecule has 6 nitrogen and oxygen atoms in total. The van der Waals surface area contributed by atoms with Crippen molar-refractivity contribution in [1.29, 1.82) is 0 Å². The van der Waals surface area contributed by atoms with E-state index in [2.05, 4.69) is 20.7 Å². The van der Waals surface area contributed by atoms with Crippen molar-refractivity contribution in [3.63, 3.8) is 0 Å². The van der Waals surface area contributed by atoms with Crippen LogP contribution in [0.5, 0.6) is 5.75 Å². The molecule has 2 rings (SSSR count). The number of ether oxygens (including phenoxy) is 1. The third-order valence-corrected chi connectivity index (χ3v) is 3.61. The highest BCUT2D eigenvalue weighted by Crippen LogP contribution is 2.11. The highest BCUT2D eigenvalue weighted by atomic mass is 19.1. The monoisotopic (exact) mass is 347 g/mol. The molecule has 2 N–H and O–H groups in total. The van der Waals surface area contributed by atoms with E-state index in [9.17, 15) is 4.39 Å². The number of aliphatic imine (C=N–C) groups is 1. The van der Waals surface area contributed by atoms with Gasteiger partial charge in [0.05, 0.1) is 18.8 Å². The van der Waals surface area contributed by atoms with Crippen molar-refractivity contribution in [3.05, 3.63) is 48.0 Å². The molecule has 0 saturated heterocycles. The highest BCUT2D eigenvalue weighted by molar-refractivity contribution is 5.79. The lowest BCUT2D eigenvalue weighted by Crippen LogP contribution is -2.37. The van der Waals surface area contributed by atoms with E-state index in [1.54, 1.807) is 18.3 Å². The zero-order valence-corrected chi connectivity index (χ0v) is 14.8. The Morgan fingerprint density at radius 2 is 2.00 bits per heavy atom. The number of rotatable bonds is 9. The lowest BCUT2D eigenvalue weighted by molar-refractivity contribution is 0.306. The van der Waals surface area contributed by atoms with Crippen LogP contribution in [0.2, 0.25) is 0 Å². The predicted octanol–water partition coefficient (Wildman–Crippen LogP) is 2.47. The Morgan fingerprint density at radius 3 is 2.68 bits per heavy atom. The van der Waals surface area contributed by atoms with Crippen LogP contribution in [0.3, 0.4) is 0 Å². The molecule has 0 saturated carbocycles. The van der Waals surface area contributed by atoms with E-state index in [1.165, 1.54) is 12.1 Å². The predicted molar refractivity (Wildman–Crippen MR) is 97.2 cm³/mol. The molecule has 2 aromatic rings. The number of halogens is 1. The summed E-state index contributed by atoms with van der Waals surface area (Å²) in [4.78, 5) is 4.56. The third-order valence-electron chi connectivity index (χ3n) is 3.61. The summed E-state index contributed by atoms with van der Waals surface area (Å²) >= 11 is 0. The Hall–Kier alpha value is -2.57. The molecular weight excluding hydrogens is 321 g/mol. The van der Waals surface area contributed by atoms with Gasteiger partial charge in [-0.1, -0.05) is 0 Å². The van der Waals surface area contributed by atoms with E-state index in [0.717, 1.165) is 37.6 Å². The van der Waals surface area contributed by atoms with Crippen LogP contribution < -0.4 is 15.4 Å². The van der Waals surface area contributed by atoms with Gasteiger partial charge in [0, 0.05) is 26.3 Å². The number of aromatic nitrogens is 2. The molecule has 25 heavy (non-hydrogen) atoms. The summed E-state index contributed by atoms with van der Waals surface area (Å²) in [7, 11) is 1.91. The fourth-order valence-corrected chi connectivity index (χ4v) is 2.21. The van der Waals surface area contributed by atoms with Crippen LogP contribution in [0.25, 0.3) is 0 Å². The quantitative estimate of drug-likeness (QED) is 0.416. The fraction of sp³-hybridized carbons (Fsp3) is 0.444. The first-order chi connectivity index (χ1) is 12.2. The van der Waals surface area contributed by atoms with Gasteiger partial charge in [0.25, 0.3) is 0 Å². The maximum atomic E-state index is 12.8. The molecule has 0 bridgehead atoms. The van der Waals surface area contributed by atoms with Crippen molar-refractivity contribution in [2.24, 2.45) is 12.0 Å². The van der Waals surface area contributed by atoms with E-state index in [1.807, 2.05) is 24.7 Å². The Morgan fingerprint density at radius 1 is 1.20 bits per heavy atom. The first kappa shape index (κ1) is 18.8. The van der Waals surface area contributed by atoms with Gasteiger partial charge in [0.1, 0.15) is 11.6 Å². The number of hydrogen-bond acceptors (Lipinski definition) is 3. The van der Waals surface area contributed by atoms with Gasteiger partial charge in [-0.15, -0.1) is 0 Å². The Balaban J connectivity index is 1.65. The standard InChI is InChI=1S/C18H26FN5O/c1-3-20-18(22-14-16-10-12-23-24(16)2)21-11-4-5-13-25-17-8-6-15(19)7-9-17/h6-10,12H,3-5,11,13-14H2,1-2H3,(H2,20,21,22). The maximum Gasteiger partial charge on any atom is 0.191 e. The van der Waals surface area contributed by atoms with Gasteiger partial charge in [0.2, 0.25) is 0 Å². The molecule has 0 aliphatic carbocycles. The summed E-state index contributed by atoms with van der Waals surface area (Å²) in [5.41, 5.74) is 1.06. The number of guanidine groups is 1. The number of hydrogen-bond donors (Lipinski definition) is 2. The number of nitrogens with zero attached hydrogens (tertiary/aromatic N) is 3. The molecule has 1 aromatic carbocycles. The van der Waals surface area contributed by atoms with Crippen molar-refractivity contribution < 1.29 is 9.13 Å². The molecule has 0 unspecified atom stereocenters. The van der Waals surface area contributed by atoms with Crippen LogP contribution >= 0.6 is 0 Å². The van der Waals surface area contributed by atoms with Gasteiger partial charge in [0.15, 0.2) is 5.96 Å². The topological polar surface area (TPSA) is 63.5 Å². The second-order valence-electron chi connectivity index (χ2n) is 5.58. The second kappa shape index (κ2) is 10.3. The molecule has 7 heteroatoms. The molecular formula is C18H26FN5O. The number of benzene rings is 1. The minimum Gasteiger partial charge on any atom is -0.494 e. The van der Waals surface area contributed by atoms with Crippen LogP contribution in [0, 0.1) is 5.82 Å². The van der Waals surface area contributed by atoms with Crippen molar-refractivity contribution in [1.82, 2.24) is 20.4 Å². The fourth-order valence-electron chi connectivity index (χ4n) is 2.21. The molecule has 0 aliphatic rings. The van der Waals surface area contributed by atoms with E-state index < -0.39 is 0 Å². The molecule has 1 aromatic heterocycles. The summed E-state index contributed by atoms with van der Waals surface area (Å²) in [6.07, 6.45) is 3.63. The zero-order valence-electron chi connectivity index (χ0n) is 14.8. The lowest BCUT2D eigenvalue weighted by atomic mass is 10.3. The normalized spacial score (nSPS) is 11.4. The van der Waals surface area contributed by atoms with Crippen molar-refractivity contribution in [2.45, 2.75) is 26.3 Å². The largest absolute Gasteiger partial charge is 0.494 e. The van der Waals surface area contributed by atoms with Gasteiger partial charge in [-0.2, -0.15) is 5.10 Å². The van der Waals surface area contributed by atoms with Gasteiger partial charge in [-0.25, -0.2) is 9.38 Å². The number of nitrogens with one attached hydrogen (secondary N) is 2. The molecule has 136 valence electrons. The lowest BCUT2D eigenvalue weighted by Gasteiger charge is -2.11. The van der Waals surface area contributed by atoms with Crippen LogP contribution in [-0.2, 0) is 13.6 Å². The molecule has 1 heterocycles. The minimum absolute atomic E-state index is 0.252. The summed E-state index contributed by atoms with van der Waals surface area (Å²) in [6, 6.07) is 8.04. The first-order valence-electron chi connectivity index (χ1n) is 8.56. The zero-order chi connectivity index (χ0) is 17.9. The summed E-state index contributed by atoms with van der Waals surface area (Å²) in [5, 5.41) is 10.7. The Kier molecular flexibility index (Phi) is 7.75. The Labute approximate surface area is 148 Å². The van der Waals surface area contributed by atoms with Crippen LogP contribution in [0.1, 0.15) is 25.5 Å². The van der Waals surface area contributed by atoms with Gasteiger partial charge in [-0.3, -0.25) is 4.68 Å². The number of unbranched alkanes of at least 4 members (excludes halogenated alkanes) is 1. The van der Waals surface area contributed by atoms with Gasteiger partial charge in [-0.05, 0) is 50.1 Å². The van der Waals surface area contributed by atoms with E-state index >= 15 is 0 Å². The van der Waals surface area contributed by atoms with E-state index in [0.29, 0.717) is 18.9 Å². The van der Waals surface area contributed by atoms with Crippen molar-refractivity contribution in [2.75, 3.05) is 19.7 Å². The molecule has 0 fully saturated rings. The smallest absolute Gasteiger partial charge is 0.191 e. The molecule has 0 amide bonds. The van der Waals surface area contributed by atoms with Crippen molar-refractivity contribution in [3.8, 4) is 5.75 Å². The summed E-state index contributed by atoms with van der Waals surface area (Å²) in [5.74, 6) is 1.24. The molecule has 0 radical (unpaired) electrons. The first-order valence-corrected chi connectivity index (χ1v) is 8.56. The average molecular weight is 347 g/mol. The SMILES string of the molecule is CCNC(=NCc1ccnn1C)NCCCCOc1ccc(F)cc1.